The van der Waals surface area contributed by atoms with Gasteiger partial charge in [-0.05, 0) is 24.3 Å². The van der Waals surface area contributed by atoms with Crippen LogP contribution in [0.3, 0.4) is 0 Å². The number of barbiturate groups is 1. The zero-order chi connectivity index (χ0) is 22.3. The summed E-state index contributed by atoms with van der Waals surface area (Å²) in [6.45, 7) is 5.90. The molecule has 5 amide bonds. The highest BCUT2D eigenvalue weighted by molar-refractivity contribution is 6.22. The molecule has 2 unspecified atom stereocenters. The quantitative estimate of drug-likeness (QED) is 0.441. The molecule has 0 aromatic heterocycles. The van der Waals surface area contributed by atoms with E-state index >= 15 is 0 Å². The molecule has 1 aromatic carbocycles. The Labute approximate surface area is 175 Å². The number of imide groups is 2. The van der Waals surface area contributed by atoms with Gasteiger partial charge in [0.1, 0.15) is 6.10 Å². The van der Waals surface area contributed by atoms with E-state index < -0.39 is 35.5 Å². The van der Waals surface area contributed by atoms with Crippen molar-refractivity contribution in [1.82, 2.24) is 10.2 Å². The SMILES string of the molecule is CCC1(c2ccccc2)C(=O)NC(=O)N(CC(COCCC(C)C)OC(N)=O)C1=O. The van der Waals surface area contributed by atoms with Crippen molar-refractivity contribution in [3.05, 3.63) is 35.9 Å². The fourth-order valence-electron chi connectivity index (χ4n) is 3.38. The number of carbonyl (C=O) groups is 4. The molecule has 164 valence electrons. The van der Waals surface area contributed by atoms with Gasteiger partial charge in [-0.1, -0.05) is 51.1 Å². The number of rotatable bonds is 10. The Morgan fingerprint density at radius 3 is 2.43 bits per heavy atom. The van der Waals surface area contributed by atoms with Crippen LogP contribution in [0.15, 0.2) is 30.3 Å². The number of nitrogens with two attached hydrogens (primary N) is 1. The highest BCUT2D eigenvalue weighted by Crippen LogP contribution is 2.33. The van der Waals surface area contributed by atoms with Gasteiger partial charge in [-0.25, -0.2) is 9.59 Å². The van der Waals surface area contributed by atoms with Gasteiger partial charge >= 0.3 is 12.1 Å². The summed E-state index contributed by atoms with van der Waals surface area (Å²) < 4.78 is 10.6. The second-order valence-electron chi connectivity index (χ2n) is 7.62. The van der Waals surface area contributed by atoms with Gasteiger partial charge in [0.25, 0.3) is 5.91 Å². The number of nitrogens with one attached hydrogen (secondary N) is 1. The highest BCUT2D eigenvalue weighted by atomic mass is 16.6. The molecule has 30 heavy (non-hydrogen) atoms. The minimum Gasteiger partial charge on any atom is -0.442 e. The summed E-state index contributed by atoms with van der Waals surface area (Å²) >= 11 is 0. The van der Waals surface area contributed by atoms with E-state index in [0.717, 1.165) is 11.3 Å². The molecule has 2 rings (SSSR count). The number of amides is 5. The van der Waals surface area contributed by atoms with E-state index in [4.69, 9.17) is 15.2 Å². The predicted octanol–water partition coefficient (Wildman–Crippen LogP) is 1.94. The standard InChI is InChI=1S/C21H29N3O6/c1-4-21(15-8-6-5-7-9-15)17(25)23-20(28)24(18(21)26)12-16(30-19(22)27)13-29-11-10-14(2)3/h5-9,14,16H,4,10-13H2,1-3H3,(H2,22,27)(H,23,25,28). The van der Waals surface area contributed by atoms with Crippen molar-refractivity contribution in [3.8, 4) is 0 Å². The number of urea groups is 1. The molecular formula is C21H29N3O6. The summed E-state index contributed by atoms with van der Waals surface area (Å²) in [5.41, 5.74) is 4.07. The molecule has 9 nitrogen and oxygen atoms in total. The average molecular weight is 419 g/mol. The molecule has 1 aromatic rings. The Balaban J connectivity index is 2.24. The molecule has 9 heteroatoms. The molecule has 1 fully saturated rings. The number of hydrogen-bond acceptors (Lipinski definition) is 6. The number of nitrogens with zero attached hydrogens (tertiary/aromatic N) is 1. The minimum absolute atomic E-state index is 0.0366. The molecule has 1 aliphatic heterocycles. The van der Waals surface area contributed by atoms with Crippen molar-refractivity contribution < 1.29 is 28.7 Å². The maximum atomic E-state index is 13.4. The molecule has 1 aliphatic rings. The van der Waals surface area contributed by atoms with Gasteiger partial charge in [-0.15, -0.1) is 0 Å². The normalized spacial score (nSPS) is 20.3. The third-order valence-corrected chi connectivity index (χ3v) is 5.07. The van der Waals surface area contributed by atoms with Crippen LogP contribution in [0, 0.1) is 5.92 Å². The summed E-state index contributed by atoms with van der Waals surface area (Å²) in [5.74, 6) is -0.926. The van der Waals surface area contributed by atoms with Crippen LogP contribution in [0.25, 0.3) is 0 Å². The Kier molecular flexibility index (Phi) is 7.93. The van der Waals surface area contributed by atoms with Gasteiger partial charge in [-0.3, -0.25) is 19.8 Å². The molecule has 1 heterocycles. The number of carbonyl (C=O) groups excluding carboxylic acids is 4. The van der Waals surface area contributed by atoms with Gasteiger partial charge in [0.2, 0.25) is 5.91 Å². The largest absolute Gasteiger partial charge is 0.442 e. The van der Waals surface area contributed by atoms with E-state index in [9.17, 15) is 19.2 Å². The first kappa shape index (κ1) is 23.3. The first-order valence-corrected chi connectivity index (χ1v) is 9.99. The first-order valence-electron chi connectivity index (χ1n) is 9.99. The maximum absolute atomic E-state index is 13.4. The van der Waals surface area contributed by atoms with Crippen molar-refractivity contribution >= 4 is 23.9 Å². The summed E-state index contributed by atoms with van der Waals surface area (Å²) in [5, 5.41) is 2.26. The van der Waals surface area contributed by atoms with Gasteiger partial charge in [0.15, 0.2) is 5.41 Å². The molecule has 3 N–H and O–H groups in total. The fourth-order valence-corrected chi connectivity index (χ4v) is 3.38. The second-order valence-corrected chi connectivity index (χ2v) is 7.62. The third-order valence-electron chi connectivity index (χ3n) is 5.07. The topological polar surface area (TPSA) is 128 Å². The van der Waals surface area contributed by atoms with E-state index in [0.29, 0.717) is 18.1 Å². The van der Waals surface area contributed by atoms with E-state index in [1.807, 2.05) is 13.8 Å². The number of primary amides is 1. The van der Waals surface area contributed by atoms with Gasteiger partial charge in [0, 0.05) is 6.61 Å². The number of benzene rings is 1. The summed E-state index contributed by atoms with van der Waals surface area (Å²) in [6.07, 6.45) is -1.05. The molecule has 0 radical (unpaired) electrons. The average Bonchev–Trinajstić information content (AvgIpc) is 2.69. The van der Waals surface area contributed by atoms with Crippen LogP contribution in [-0.4, -0.2) is 54.7 Å². The van der Waals surface area contributed by atoms with Crippen LogP contribution < -0.4 is 11.1 Å². The van der Waals surface area contributed by atoms with Crippen molar-refractivity contribution in [1.29, 1.82) is 0 Å². The van der Waals surface area contributed by atoms with Gasteiger partial charge < -0.3 is 15.2 Å². The van der Waals surface area contributed by atoms with Gasteiger partial charge in [0.05, 0.1) is 13.2 Å². The van der Waals surface area contributed by atoms with Crippen LogP contribution in [0.2, 0.25) is 0 Å². The van der Waals surface area contributed by atoms with Crippen LogP contribution in [0.4, 0.5) is 9.59 Å². The van der Waals surface area contributed by atoms with Crippen molar-refractivity contribution in [2.24, 2.45) is 11.7 Å². The Bertz CT molecular complexity index is 782. The highest BCUT2D eigenvalue weighted by Gasteiger charge is 2.54. The predicted molar refractivity (Wildman–Crippen MR) is 108 cm³/mol. The summed E-state index contributed by atoms with van der Waals surface area (Å²) in [4.78, 5) is 50.8. The zero-order valence-corrected chi connectivity index (χ0v) is 17.6. The Hall–Kier alpha value is -2.94. The van der Waals surface area contributed by atoms with E-state index in [1.54, 1.807) is 37.3 Å². The lowest BCUT2D eigenvalue weighted by Crippen LogP contribution is -2.67. The summed E-state index contributed by atoms with van der Waals surface area (Å²) in [7, 11) is 0. The fraction of sp³-hybridized carbons (Fsp3) is 0.524. The third kappa shape index (κ3) is 5.15. The molecule has 0 saturated carbocycles. The zero-order valence-electron chi connectivity index (χ0n) is 17.6. The van der Waals surface area contributed by atoms with E-state index in [2.05, 4.69) is 5.32 Å². The Morgan fingerprint density at radius 1 is 1.20 bits per heavy atom. The monoisotopic (exact) mass is 419 g/mol. The van der Waals surface area contributed by atoms with E-state index in [-0.39, 0.29) is 19.6 Å². The molecule has 1 saturated heterocycles. The minimum atomic E-state index is -1.55. The maximum Gasteiger partial charge on any atom is 0.404 e. The van der Waals surface area contributed by atoms with Crippen LogP contribution in [-0.2, 0) is 24.5 Å². The molecular weight excluding hydrogens is 390 g/mol. The van der Waals surface area contributed by atoms with Crippen molar-refractivity contribution in [2.75, 3.05) is 19.8 Å². The lowest BCUT2D eigenvalue weighted by molar-refractivity contribution is -0.146. The Morgan fingerprint density at radius 2 is 1.87 bits per heavy atom. The summed E-state index contributed by atoms with van der Waals surface area (Å²) in [6, 6.07) is 7.67. The smallest absolute Gasteiger partial charge is 0.404 e. The molecule has 0 bridgehead atoms. The lowest BCUT2D eigenvalue weighted by Gasteiger charge is -2.39. The molecule has 0 aliphatic carbocycles. The van der Waals surface area contributed by atoms with Crippen LogP contribution in [0.1, 0.15) is 39.2 Å². The van der Waals surface area contributed by atoms with Crippen LogP contribution >= 0.6 is 0 Å². The lowest BCUT2D eigenvalue weighted by atomic mass is 9.74. The molecule has 0 spiro atoms. The first-order chi connectivity index (χ1) is 14.2. The second kappa shape index (κ2) is 10.2. The van der Waals surface area contributed by atoms with Gasteiger partial charge in [-0.2, -0.15) is 0 Å². The number of hydrogen-bond donors (Lipinski definition) is 2. The number of ether oxygens (including phenoxy) is 2. The van der Waals surface area contributed by atoms with Crippen molar-refractivity contribution in [3.63, 3.8) is 0 Å². The van der Waals surface area contributed by atoms with Crippen LogP contribution in [0.5, 0.6) is 0 Å². The molecule has 2 atom stereocenters. The van der Waals surface area contributed by atoms with E-state index in [1.165, 1.54) is 0 Å². The van der Waals surface area contributed by atoms with Crippen molar-refractivity contribution in [2.45, 2.75) is 45.1 Å².